The standard InChI is InChI=1S/C15H18Cl2N2O2/c1-3-9(2)18-14(20)11-6-7-19(15(11)21)13-5-4-10(16)8-12(13)17/h4-5,8-9,11H,3,6-7H2,1-2H3,(H,18,20)/t9-,11+/m1/s1. The first kappa shape index (κ1) is 16.1. The molecule has 0 spiro atoms. The van der Waals surface area contributed by atoms with Gasteiger partial charge in [-0.25, -0.2) is 0 Å². The van der Waals surface area contributed by atoms with Gasteiger partial charge in [0.15, 0.2) is 0 Å². The molecule has 6 heteroatoms. The Morgan fingerprint density at radius 3 is 2.81 bits per heavy atom. The van der Waals surface area contributed by atoms with Crippen LogP contribution >= 0.6 is 23.2 Å². The Morgan fingerprint density at radius 2 is 2.19 bits per heavy atom. The second kappa shape index (κ2) is 6.67. The maximum absolute atomic E-state index is 12.4. The van der Waals surface area contributed by atoms with Gasteiger partial charge in [0.05, 0.1) is 10.7 Å². The number of anilines is 1. The van der Waals surface area contributed by atoms with Crippen molar-refractivity contribution in [2.45, 2.75) is 32.7 Å². The first-order chi connectivity index (χ1) is 9.93. The molecule has 2 rings (SSSR count). The zero-order chi connectivity index (χ0) is 15.6. The Labute approximate surface area is 134 Å². The highest BCUT2D eigenvalue weighted by atomic mass is 35.5. The van der Waals surface area contributed by atoms with Gasteiger partial charge in [-0.1, -0.05) is 30.1 Å². The first-order valence-electron chi connectivity index (χ1n) is 7.00. The number of rotatable bonds is 4. The lowest BCUT2D eigenvalue weighted by atomic mass is 10.1. The molecule has 1 aromatic carbocycles. The van der Waals surface area contributed by atoms with Gasteiger partial charge >= 0.3 is 0 Å². The third-order valence-electron chi connectivity index (χ3n) is 3.72. The van der Waals surface area contributed by atoms with E-state index >= 15 is 0 Å². The van der Waals surface area contributed by atoms with Crippen molar-refractivity contribution < 1.29 is 9.59 Å². The topological polar surface area (TPSA) is 49.4 Å². The summed E-state index contributed by atoms with van der Waals surface area (Å²) in [4.78, 5) is 26.1. The minimum Gasteiger partial charge on any atom is -0.353 e. The third kappa shape index (κ3) is 3.50. The van der Waals surface area contributed by atoms with Gasteiger partial charge in [-0.2, -0.15) is 0 Å². The van der Waals surface area contributed by atoms with Crippen LogP contribution < -0.4 is 10.2 Å². The van der Waals surface area contributed by atoms with Crippen molar-refractivity contribution >= 4 is 40.7 Å². The van der Waals surface area contributed by atoms with Crippen LogP contribution in [0, 0.1) is 5.92 Å². The van der Waals surface area contributed by atoms with E-state index in [2.05, 4.69) is 5.32 Å². The third-order valence-corrected chi connectivity index (χ3v) is 4.26. The van der Waals surface area contributed by atoms with Gasteiger partial charge in [-0.3, -0.25) is 9.59 Å². The molecular weight excluding hydrogens is 311 g/mol. The monoisotopic (exact) mass is 328 g/mol. The number of nitrogens with zero attached hydrogens (tertiary/aromatic N) is 1. The largest absolute Gasteiger partial charge is 0.353 e. The molecule has 0 aliphatic carbocycles. The summed E-state index contributed by atoms with van der Waals surface area (Å²) in [7, 11) is 0. The number of carbonyl (C=O) groups is 2. The van der Waals surface area contributed by atoms with Gasteiger partial charge in [0.1, 0.15) is 5.92 Å². The number of carbonyl (C=O) groups excluding carboxylic acids is 2. The van der Waals surface area contributed by atoms with E-state index in [4.69, 9.17) is 23.2 Å². The average Bonchev–Trinajstić information content (AvgIpc) is 2.80. The van der Waals surface area contributed by atoms with Crippen LogP contribution in [0.2, 0.25) is 10.0 Å². The van der Waals surface area contributed by atoms with Crippen molar-refractivity contribution in [1.82, 2.24) is 5.32 Å². The van der Waals surface area contributed by atoms with Crippen LogP contribution in [0.4, 0.5) is 5.69 Å². The summed E-state index contributed by atoms with van der Waals surface area (Å²) in [5.41, 5.74) is 0.602. The fourth-order valence-electron chi connectivity index (χ4n) is 2.31. The molecule has 21 heavy (non-hydrogen) atoms. The lowest BCUT2D eigenvalue weighted by molar-refractivity contribution is -0.132. The second-order valence-electron chi connectivity index (χ2n) is 5.24. The molecule has 0 saturated carbocycles. The molecule has 1 aliphatic rings. The van der Waals surface area contributed by atoms with Gasteiger partial charge in [0.25, 0.3) is 0 Å². The molecule has 4 nitrogen and oxygen atoms in total. The minimum absolute atomic E-state index is 0.0680. The van der Waals surface area contributed by atoms with E-state index in [1.807, 2.05) is 13.8 Å². The molecule has 1 saturated heterocycles. The number of halogens is 2. The Bertz CT molecular complexity index is 563. The summed E-state index contributed by atoms with van der Waals surface area (Å²) in [5, 5.41) is 3.79. The number of nitrogens with one attached hydrogen (secondary N) is 1. The van der Waals surface area contributed by atoms with Crippen LogP contribution in [0.15, 0.2) is 18.2 Å². The average molecular weight is 329 g/mol. The first-order valence-corrected chi connectivity index (χ1v) is 7.76. The highest BCUT2D eigenvalue weighted by Crippen LogP contribution is 2.33. The van der Waals surface area contributed by atoms with Crippen LogP contribution in [-0.2, 0) is 9.59 Å². The molecule has 114 valence electrons. The van der Waals surface area contributed by atoms with Crippen molar-refractivity contribution in [2.75, 3.05) is 11.4 Å². The van der Waals surface area contributed by atoms with Gasteiger partial charge in [-0.15, -0.1) is 0 Å². The summed E-state index contributed by atoms with van der Waals surface area (Å²) < 4.78 is 0. The Morgan fingerprint density at radius 1 is 1.48 bits per heavy atom. The number of amides is 2. The number of benzene rings is 1. The normalized spacial score (nSPS) is 19.7. The molecule has 2 atom stereocenters. The zero-order valence-corrected chi connectivity index (χ0v) is 13.5. The van der Waals surface area contributed by atoms with E-state index in [-0.39, 0.29) is 17.9 Å². The fourth-order valence-corrected chi connectivity index (χ4v) is 2.82. The Kier molecular flexibility index (Phi) is 5.12. The Balaban J connectivity index is 2.13. The predicted octanol–water partition coefficient (Wildman–Crippen LogP) is 3.26. The van der Waals surface area contributed by atoms with Crippen molar-refractivity contribution in [3.05, 3.63) is 28.2 Å². The molecule has 0 radical (unpaired) electrons. The number of hydrogen-bond donors (Lipinski definition) is 1. The van der Waals surface area contributed by atoms with Gasteiger partial charge < -0.3 is 10.2 Å². The minimum atomic E-state index is -0.634. The smallest absolute Gasteiger partial charge is 0.239 e. The second-order valence-corrected chi connectivity index (χ2v) is 6.09. The van der Waals surface area contributed by atoms with E-state index in [1.165, 1.54) is 0 Å². The van der Waals surface area contributed by atoms with Crippen LogP contribution in [0.1, 0.15) is 26.7 Å². The van der Waals surface area contributed by atoms with E-state index in [1.54, 1.807) is 23.1 Å². The highest BCUT2D eigenvalue weighted by molar-refractivity contribution is 6.37. The summed E-state index contributed by atoms with van der Waals surface area (Å²) >= 11 is 12.0. The molecule has 1 heterocycles. The van der Waals surface area contributed by atoms with Crippen molar-refractivity contribution in [2.24, 2.45) is 5.92 Å². The van der Waals surface area contributed by atoms with Crippen molar-refractivity contribution in [3.63, 3.8) is 0 Å². The van der Waals surface area contributed by atoms with Gasteiger partial charge in [-0.05, 0) is 38.0 Å². The number of hydrogen-bond acceptors (Lipinski definition) is 2. The van der Waals surface area contributed by atoms with Crippen molar-refractivity contribution in [1.29, 1.82) is 0 Å². The van der Waals surface area contributed by atoms with Crippen molar-refractivity contribution in [3.8, 4) is 0 Å². The molecule has 1 aromatic rings. The molecule has 1 aliphatic heterocycles. The molecule has 1 fully saturated rings. The van der Waals surface area contributed by atoms with Crippen LogP contribution in [0.25, 0.3) is 0 Å². The lowest BCUT2D eigenvalue weighted by Crippen LogP contribution is -2.40. The van der Waals surface area contributed by atoms with E-state index < -0.39 is 5.92 Å². The molecule has 2 amide bonds. The predicted molar refractivity (Wildman–Crippen MR) is 84.8 cm³/mol. The maximum atomic E-state index is 12.4. The summed E-state index contributed by atoms with van der Waals surface area (Å²) in [6, 6.07) is 5.05. The molecule has 0 unspecified atom stereocenters. The Hall–Kier alpha value is -1.26. The molecule has 0 bridgehead atoms. The fraction of sp³-hybridized carbons (Fsp3) is 0.467. The van der Waals surface area contributed by atoms with Gasteiger partial charge in [0, 0.05) is 17.6 Å². The zero-order valence-electron chi connectivity index (χ0n) is 12.0. The van der Waals surface area contributed by atoms with Crippen LogP contribution in [0.3, 0.4) is 0 Å². The SMILES string of the molecule is CC[C@@H](C)NC(=O)[C@@H]1CCN(c2ccc(Cl)cc2Cl)C1=O. The highest BCUT2D eigenvalue weighted by Gasteiger charge is 2.38. The molecule has 1 N–H and O–H groups in total. The van der Waals surface area contributed by atoms with E-state index in [0.717, 1.165) is 6.42 Å². The van der Waals surface area contributed by atoms with Crippen LogP contribution in [-0.4, -0.2) is 24.4 Å². The summed E-state index contributed by atoms with van der Waals surface area (Å²) in [6.45, 7) is 4.39. The summed E-state index contributed by atoms with van der Waals surface area (Å²) in [6.07, 6.45) is 1.33. The summed E-state index contributed by atoms with van der Waals surface area (Å²) in [5.74, 6) is -1.05. The molecule has 0 aromatic heterocycles. The van der Waals surface area contributed by atoms with Crippen LogP contribution in [0.5, 0.6) is 0 Å². The quantitative estimate of drug-likeness (QED) is 0.862. The molecular formula is C15H18Cl2N2O2. The van der Waals surface area contributed by atoms with E-state index in [9.17, 15) is 9.59 Å². The van der Waals surface area contributed by atoms with E-state index in [0.29, 0.717) is 28.7 Å². The lowest BCUT2D eigenvalue weighted by Gasteiger charge is -2.19. The maximum Gasteiger partial charge on any atom is 0.239 e. The van der Waals surface area contributed by atoms with Gasteiger partial charge in [0.2, 0.25) is 11.8 Å².